The van der Waals surface area contributed by atoms with Crippen molar-refractivity contribution in [3.8, 4) is 5.75 Å². The normalized spacial score (nSPS) is 18.3. The second kappa shape index (κ2) is 4.96. The van der Waals surface area contributed by atoms with Gasteiger partial charge in [-0.05, 0) is 48.9 Å². The number of carbonyl (C=O) groups is 1. The molecular weight excluding hydrogens is 235 g/mol. The number of hydrogen-bond acceptors (Lipinski definition) is 2. The van der Waals surface area contributed by atoms with Crippen LogP contribution in [-0.2, 0) is 4.79 Å². The third-order valence-electron chi connectivity index (χ3n) is 3.50. The molecule has 4 heteroatoms. The number of carboxylic acids is 1. The van der Waals surface area contributed by atoms with Crippen molar-refractivity contribution in [3.63, 3.8) is 0 Å². The van der Waals surface area contributed by atoms with E-state index in [0.29, 0.717) is 17.0 Å². The van der Waals surface area contributed by atoms with Gasteiger partial charge in [0.2, 0.25) is 0 Å². The van der Waals surface area contributed by atoms with E-state index in [4.69, 9.17) is 5.11 Å². The van der Waals surface area contributed by atoms with Gasteiger partial charge >= 0.3 is 5.97 Å². The van der Waals surface area contributed by atoms with Gasteiger partial charge in [0.05, 0.1) is 6.42 Å². The third kappa shape index (κ3) is 2.81. The summed E-state index contributed by atoms with van der Waals surface area (Å²) in [7, 11) is 0. The predicted molar refractivity (Wildman–Crippen MR) is 65.3 cm³/mol. The Morgan fingerprint density at radius 1 is 1.50 bits per heavy atom. The first-order chi connectivity index (χ1) is 8.49. The molecule has 2 unspecified atom stereocenters. The number of halogens is 1. The van der Waals surface area contributed by atoms with E-state index in [1.165, 1.54) is 19.1 Å². The van der Waals surface area contributed by atoms with E-state index in [1.54, 1.807) is 6.07 Å². The van der Waals surface area contributed by atoms with Gasteiger partial charge < -0.3 is 10.2 Å². The standard InChI is InChI=1S/C14H17FO3/c1-8(15)10-4-5-13(16)12(6-10)11(7-14(17)18)9-2-3-9/h4-6,8-9,11,16H,2-3,7H2,1H3,(H,17,18). The van der Waals surface area contributed by atoms with Crippen LogP contribution < -0.4 is 0 Å². The van der Waals surface area contributed by atoms with Crippen molar-refractivity contribution >= 4 is 5.97 Å². The first-order valence-corrected chi connectivity index (χ1v) is 6.17. The Balaban J connectivity index is 2.33. The molecular formula is C14H17FO3. The van der Waals surface area contributed by atoms with Crippen LogP contribution in [0.4, 0.5) is 4.39 Å². The summed E-state index contributed by atoms with van der Waals surface area (Å²) in [5.41, 5.74) is 1.06. The number of aromatic hydroxyl groups is 1. The summed E-state index contributed by atoms with van der Waals surface area (Å²) >= 11 is 0. The van der Waals surface area contributed by atoms with Crippen LogP contribution in [0.3, 0.4) is 0 Å². The van der Waals surface area contributed by atoms with Crippen LogP contribution >= 0.6 is 0 Å². The Morgan fingerprint density at radius 2 is 2.17 bits per heavy atom. The topological polar surface area (TPSA) is 57.5 Å². The molecule has 3 nitrogen and oxygen atoms in total. The Morgan fingerprint density at radius 3 is 2.67 bits per heavy atom. The van der Waals surface area contributed by atoms with Crippen LogP contribution in [0, 0.1) is 5.92 Å². The molecule has 1 aromatic rings. The Bertz CT molecular complexity index is 452. The fraction of sp³-hybridized carbons (Fsp3) is 0.500. The molecule has 2 N–H and O–H groups in total. The molecule has 1 aliphatic rings. The van der Waals surface area contributed by atoms with E-state index in [-0.39, 0.29) is 18.1 Å². The average molecular weight is 252 g/mol. The Hall–Kier alpha value is -1.58. The number of carboxylic acid groups (broad SMARTS) is 1. The van der Waals surface area contributed by atoms with Crippen molar-refractivity contribution in [2.24, 2.45) is 5.92 Å². The SMILES string of the molecule is CC(F)c1ccc(O)c(C(CC(=O)O)C2CC2)c1. The zero-order valence-corrected chi connectivity index (χ0v) is 10.3. The van der Waals surface area contributed by atoms with Crippen LogP contribution in [0.1, 0.15) is 49.4 Å². The highest BCUT2D eigenvalue weighted by molar-refractivity contribution is 5.68. The number of aliphatic carboxylic acids is 1. The number of phenolic OH excluding ortho intramolecular Hbond substituents is 1. The van der Waals surface area contributed by atoms with Gasteiger partial charge in [-0.15, -0.1) is 0 Å². The molecule has 18 heavy (non-hydrogen) atoms. The van der Waals surface area contributed by atoms with E-state index >= 15 is 0 Å². The number of phenols is 1. The molecule has 0 spiro atoms. The fourth-order valence-electron chi connectivity index (χ4n) is 2.33. The van der Waals surface area contributed by atoms with Crippen molar-refractivity contribution in [1.82, 2.24) is 0 Å². The lowest BCUT2D eigenvalue weighted by Crippen LogP contribution is -2.09. The largest absolute Gasteiger partial charge is 0.508 e. The van der Waals surface area contributed by atoms with Gasteiger partial charge in [0.1, 0.15) is 11.9 Å². The molecule has 1 aromatic carbocycles. The first-order valence-electron chi connectivity index (χ1n) is 6.17. The molecule has 1 saturated carbocycles. The second-order valence-electron chi connectivity index (χ2n) is 4.98. The van der Waals surface area contributed by atoms with E-state index in [9.17, 15) is 14.3 Å². The minimum absolute atomic E-state index is 0.0116. The van der Waals surface area contributed by atoms with Gasteiger partial charge in [-0.1, -0.05) is 6.07 Å². The number of alkyl halides is 1. The molecule has 1 fully saturated rings. The van der Waals surface area contributed by atoms with E-state index in [1.807, 2.05) is 0 Å². The summed E-state index contributed by atoms with van der Waals surface area (Å²) < 4.78 is 13.3. The molecule has 98 valence electrons. The van der Waals surface area contributed by atoms with Crippen LogP contribution in [0.15, 0.2) is 18.2 Å². The lowest BCUT2D eigenvalue weighted by Gasteiger charge is -2.17. The Labute approximate surface area is 105 Å². The monoisotopic (exact) mass is 252 g/mol. The predicted octanol–water partition coefficient (Wildman–Crippen LogP) is 3.39. The fourth-order valence-corrected chi connectivity index (χ4v) is 2.33. The molecule has 1 aliphatic carbocycles. The molecule has 2 atom stereocenters. The highest BCUT2D eigenvalue weighted by atomic mass is 19.1. The molecule has 0 bridgehead atoms. The molecule has 0 radical (unpaired) electrons. The van der Waals surface area contributed by atoms with Crippen LogP contribution in [-0.4, -0.2) is 16.2 Å². The van der Waals surface area contributed by atoms with Crippen molar-refractivity contribution in [2.45, 2.75) is 38.3 Å². The van der Waals surface area contributed by atoms with Gasteiger partial charge in [-0.2, -0.15) is 0 Å². The molecule has 2 rings (SSSR count). The molecule has 0 heterocycles. The van der Waals surface area contributed by atoms with Crippen molar-refractivity contribution in [3.05, 3.63) is 29.3 Å². The zero-order chi connectivity index (χ0) is 13.3. The van der Waals surface area contributed by atoms with E-state index in [0.717, 1.165) is 12.8 Å². The number of hydrogen-bond donors (Lipinski definition) is 2. The van der Waals surface area contributed by atoms with Crippen molar-refractivity contribution in [1.29, 1.82) is 0 Å². The summed E-state index contributed by atoms with van der Waals surface area (Å²) in [6.45, 7) is 1.43. The van der Waals surface area contributed by atoms with Gasteiger partial charge in [-0.3, -0.25) is 4.79 Å². The summed E-state index contributed by atoms with van der Waals surface area (Å²) in [4.78, 5) is 10.9. The summed E-state index contributed by atoms with van der Waals surface area (Å²) in [5, 5.41) is 18.8. The lowest BCUT2D eigenvalue weighted by atomic mass is 9.89. The molecule has 0 saturated heterocycles. The van der Waals surface area contributed by atoms with Crippen LogP contribution in [0.5, 0.6) is 5.75 Å². The highest BCUT2D eigenvalue weighted by Gasteiger charge is 2.35. The third-order valence-corrected chi connectivity index (χ3v) is 3.50. The molecule has 0 aromatic heterocycles. The maximum absolute atomic E-state index is 13.3. The van der Waals surface area contributed by atoms with Gasteiger partial charge in [0.25, 0.3) is 0 Å². The van der Waals surface area contributed by atoms with Crippen molar-refractivity contribution < 1.29 is 19.4 Å². The summed E-state index contributed by atoms with van der Waals surface area (Å²) in [5.74, 6) is -0.721. The summed E-state index contributed by atoms with van der Waals surface area (Å²) in [6, 6.07) is 4.60. The highest BCUT2D eigenvalue weighted by Crippen LogP contribution is 2.47. The number of rotatable bonds is 5. The van der Waals surface area contributed by atoms with Crippen molar-refractivity contribution in [2.75, 3.05) is 0 Å². The second-order valence-corrected chi connectivity index (χ2v) is 4.98. The zero-order valence-electron chi connectivity index (χ0n) is 10.3. The minimum Gasteiger partial charge on any atom is -0.508 e. The maximum atomic E-state index is 13.3. The quantitative estimate of drug-likeness (QED) is 0.844. The van der Waals surface area contributed by atoms with Crippen LogP contribution in [0.2, 0.25) is 0 Å². The molecule has 0 amide bonds. The van der Waals surface area contributed by atoms with E-state index in [2.05, 4.69) is 0 Å². The van der Waals surface area contributed by atoms with Crippen LogP contribution in [0.25, 0.3) is 0 Å². The van der Waals surface area contributed by atoms with Gasteiger partial charge in [0.15, 0.2) is 0 Å². The molecule has 0 aliphatic heterocycles. The maximum Gasteiger partial charge on any atom is 0.303 e. The lowest BCUT2D eigenvalue weighted by molar-refractivity contribution is -0.137. The average Bonchev–Trinajstić information content (AvgIpc) is 3.10. The summed E-state index contributed by atoms with van der Waals surface area (Å²) in [6.07, 6.45) is 0.830. The van der Waals surface area contributed by atoms with E-state index < -0.39 is 12.1 Å². The minimum atomic E-state index is -1.12. The van der Waals surface area contributed by atoms with Gasteiger partial charge in [-0.25, -0.2) is 4.39 Å². The Kier molecular flexibility index (Phi) is 3.55. The first kappa shape index (κ1) is 12.9. The van der Waals surface area contributed by atoms with Gasteiger partial charge in [0, 0.05) is 5.92 Å². The smallest absolute Gasteiger partial charge is 0.303 e. The number of benzene rings is 1.